The van der Waals surface area contributed by atoms with E-state index in [1.54, 1.807) is 0 Å². The zero-order valence-corrected chi connectivity index (χ0v) is 34.4. The van der Waals surface area contributed by atoms with E-state index in [1.165, 1.54) is 13.8 Å². The van der Waals surface area contributed by atoms with Gasteiger partial charge in [-0.15, -0.1) is 0 Å². The standard InChI is InChI=1S/C21H36N7O16P3S.C7H14O2/c1-21(2,16(31)19(32)24-4-3-12(29)23-5-6-48)8-41-47(38,39)44-46(36,37)40-7-11-15(43-45(33,34)35)14(30)20(42-11)28-10-27-13-17(22)25-9-26-18(13)28;8-5-6-1-3-7(9)4-2-6/h9-11,14-16,20,30-31,48H,3-8H2,1-2H3,(H,23,29)(H,24,32)(H,36,37)(H,38,39)(H2,22,25,26)(H2,33,34,35);6-9H,1-5H2/t11-,14-,15-,16+,20-;/m1./s1. The van der Waals surface area contributed by atoms with Gasteiger partial charge in [-0.2, -0.15) is 16.9 Å². The number of hydrogen-bond donors (Lipinski definition) is 12. The fourth-order valence-electron chi connectivity index (χ4n) is 5.46. The van der Waals surface area contributed by atoms with Crippen molar-refractivity contribution in [3.8, 4) is 0 Å². The molecule has 2 amide bonds. The number of imidazole rings is 1. The lowest BCUT2D eigenvalue weighted by atomic mass is 9.87. The summed E-state index contributed by atoms with van der Waals surface area (Å²) in [6.45, 7) is 1.02. The van der Waals surface area contributed by atoms with E-state index in [1.807, 2.05) is 0 Å². The molecule has 1 aliphatic carbocycles. The first-order valence-electron chi connectivity index (χ1n) is 17.3. The van der Waals surface area contributed by atoms with Crippen LogP contribution >= 0.6 is 36.1 Å². The number of phosphoric acid groups is 3. The second-order valence-corrected chi connectivity index (χ2v) is 18.3. The van der Waals surface area contributed by atoms with Crippen molar-refractivity contribution in [2.24, 2.45) is 11.3 Å². The van der Waals surface area contributed by atoms with E-state index < -0.39 is 78.6 Å². The highest BCUT2D eigenvalue weighted by Crippen LogP contribution is 2.61. The molecule has 2 aromatic heterocycles. The summed E-state index contributed by atoms with van der Waals surface area (Å²) < 4.78 is 61.7. The zero-order chi connectivity index (χ0) is 42.8. The first-order chi connectivity index (χ1) is 26.5. The van der Waals surface area contributed by atoms with Gasteiger partial charge in [0.2, 0.25) is 11.8 Å². The third-order valence-corrected chi connectivity index (χ3v) is 11.9. The van der Waals surface area contributed by atoms with Gasteiger partial charge in [0.25, 0.3) is 0 Å². The van der Waals surface area contributed by atoms with E-state index >= 15 is 0 Å². The lowest BCUT2D eigenvalue weighted by Crippen LogP contribution is -2.46. The van der Waals surface area contributed by atoms with Crippen LogP contribution < -0.4 is 16.4 Å². The number of aromatic nitrogens is 4. The lowest BCUT2D eigenvalue weighted by Gasteiger charge is -2.30. The molecule has 29 heteroatoms. The number of nitrogens with one attached hydrogen (secondary N) is 2. The van der Waals surface area contributed by atoms with Crippen LogP contribution in [0.25, 0.3) is 11.2 Å². The van der Waals surface area contributed by atoms with E-state index in [-0.39, 0.29) is 42.0 Å². The van der Waals surface area contributed by atoms with E-state index in [2.05, 4.69) is 47.0 Å². The number of ether oxygens (including phenoxy) is 1. The van der Waals surface area contributed by atoms with Gasteiger partial charge < -0.3 is 61.1 Å². The third kappa shape index (κ3) is 15.4. The number of hydrogen-bond acceptors (Lipinski definition) is 19. The number of aliphatic hydroxyl groups is 4. The summed E-state index contributed by atoms with van der Waals surface area (Å²) in [7, 11) is -16.3. The number of nitrogen functional groups attached to an aromatic ring is 1. The van der Waals surface area contributed by atoms with Gasteiger partial charge in [-0.05, 0) is 31.6 Å². The average Bonchev–Trinajstić information content (AvgIpc) is 3.69. The van der Waals surface area contributed by atoms with Gasteiger partial charge in [0.1, 0.15) is 36.3 Å². The highest BCUT2D eigenvalue weighted by atomic mass is 32.1. The molecule has 7 atom stereocenters. The minimum Gasteiger partial charge on any atom is -0.396 e. The summed E-state index contributed by atoms with van der Waals surface area (Å²) in [5.41, 5.74) is 4.30. The normalized spacial score (nSPS) is 25.5. The van der Waals surface area contributed by atoms with Crippen molar-refractivity contribution in [3.63, 3.8) is 0 Å². The van der Waals surface area contributed by atoms with Crippen LogP contribution in [0, 0.1) is 11.3 Å². The Balaban J connectivity index is 0.000000847. The molecule has 2 unspecified atom stereocenters. The van der Waals surface area contributed by atoms with E-state index in [0.29, 0.717) is 24.8 Å². The van der Waals surface area contributed by atoms with Crippen LogP contribution in [-0.2, 0) is 45.9 Å². The smallest absolute Gasteiger partial charge is 0.396 e. The number of anilines is 1. The van der Waals surface area contributed by atoms with Gasteiger partial charge in [-0.25, -0.2) is 28.6 Å². The molecule has 1 aliphatic heterocycles. The number of phosphoric ester groups is 3. The molecule has 25 nitrogen and oxygen atoms in total. The maximum absolute atomic E-state index is 12.6. The number of nitrogens with two attached hydrogens (primary N) is 1. The van der Waals surface area contributed by atoms with E-state index in [4.69, 9.17) is 29.7 Å². The van der Waals surface area contributed by atoms with E-state index in [9.17, 15) is 53.1 Å². The molecule has 0 bridgehead atoms. The Kier molecular flexibility index (Phi) is 18.4. The van der Waals surface area contributed by atoms with Crippen LogP contribution in [-0.4, -0.2) is 141 Å². The van der Waals surface area contributed by atoms with Gasteiger partial charge in [0.15, 0.2) is 17.7 Å². The number of carbonyl (C=O) groups is 2. The third-order valence-electron chi connectivity index (χ3n) is 8.59. The Morgan fingerprint density at radius 3 is 2.30 bits per heavy atom. The average molecular weight is 898 g/mol. The monoisotopic (exact) mass is 897 g/mol. The highest BCUT2D eigenvalue weighted by molar-refractivity contribution is 7.80. The molecule has 3 heterocycles. The van der Waals surface area contributed by atoms with E-state index in [0.717, 1.165) is 42.9 Å². The Morgan fingerprint density at radius 2 is 1.68 bits per heavy atom. The molecule has 4 rings (SSSR count). The largest absolute Gasteiger partial charge is 0.481 e. The molecule has 0 aromatic carbocycles. The van der Waals surface area contributed by atoms with Crippen molar-refractivity contribution in [2.45, 2.75) is 82.7 Å². The van der Waals surface area contributed by atoms with Crippen molar-refractivity contribution in [2.75, 3.05) is 44.4 Å². The molecular formula is C28H50N7O18P3S. The summed E-state index contributed by atoms with van der Waals surface area (Å²) in [6.07, 6.45) is -3.07. The van der Waals surface area contributed by atoms with Crippen LogP contribution in [0.4, 0.5) is 5.82 Å². The quantitative estimate of drug-likeness (QED) is 0.0586. The molecule has 12 N–H and O–H groups in total. The second-order valence-electron chi connectivity index (χ2n) is 13.7. The Bertz CT molecular complexity index is 1780. The van der Waals surface area contributed by atoms with Crippen LogP contribution in [0.15, 0.2) is 12.7 Å². The number of aliphatic hydroxyl groups excluding tert-OH is 4. The molecule has 2 aliphatic rings. The number of fused-ring (bicyclic) bond motifs is 1. The molecule has 2 fully saturated rings. The Labute approximate surface area is 331 Å². The Morgan fingerprint density at radius 1 is 1.04 bits per heavy atom. The van der Waals surface area contributed by atoms with Crippen LogP contribution in [0.3, 0.4) is 0 Å². The second kappa shape index (κ2) is 21.4. The SMILES string of the molecule is CC(C)(COP(=O)(O)OP(=O)(O)OC[C@H]1O[C@@H](n2cnc3c(N)ncnc32)[C@H](O)[C@@H]1OP(=O)(O)O)[C@@H](O)C(=O)NCCC(=O)NCCS.OCC1CCC(O)CC1. The maximum Gasteiger partial charge on any atom is 0.481 e. The Hall–Kier alpha value is -2.19. The van der Waals surface area contributed by atoms with Crippen LogP contribution in [0.5, 0.6) is 0 Å². The van der Waals surface area contributed by atoms with Crippen molar-refractivity contribution in [1.82, 2.24) is 30.2 Å². The van der Waals surface area contributed by atoms with Crippen molar-refractivity contribution in [3.05, 3.63) is 12.7 Å². The van der Waals surface area contributed by atoms with Gasteiger partial charge in [0, 0.05) is 37.3 Å². The van der Waals surface area contributed by atoms with Gasteiger partial charge in [-0.1, -0.05) is 13.8 Å². The molecule has 1 saturated heterocycles. The zero-order valence-electron chi connectivity index (χ0n) is 30.8. The van der Waals surface area contributed by atoms with Crippen molar-refractivity contribution < 1.29 is 85.9 Å². The molecule has 1 saturated carbocycles. The van der Waals surface area contributed by atoms with Gasteiger partial charge in [0.05, 0.1) is 25.6 Å². The van der Waals surface area contributed by atoms with Crippen molar-refractivity contribution in [1.29, 1.82) is 0 Å². The summed E-state index contributed by atoms with van der Waals surface area (Å²) in [5, 5.41) is 43.8. The molecule has 0 radical (unpaired) electrons. The summed E-state index contributed by atoms with van der Waals surface area (Å²) in [4.78, 5) is 74.6. The molecule has 57 heavy (non-hydrogen) atoms. The number of nitrogens with zero attached hydrogens (tertiary/aromatic N) is 4. The maximum atomic E-state index is 12.6. The number of carbonyl (C=O) groups excluding carboxylic acids is 2. The predicted molar refractivity (Wildman–Crippen MR) is 199 cm³/mol. The first-order valence-corrected chi connectivity index (χ1v) is 22.4. The van der Waals surface area contributed by atoms with Crippen LogP contribution in [0.2, 0.25) is 0 Å². The van der Waals surface area contributed by atoms with Gasteiger partial charge >= 0.3 is 23.5 Å². The minimum absolute atomic E-state index is 0.0363. The highest BCUT2D eigenvalue weighted by Gasteiger charge is 2.50. The number of amides is 2. The fraction of sp³-hybridized carbons (Fsp3) is 0.750. The predicted octanol–water partition coefficient (Wildman–Crippen LogP) is -1.14. The molecule has 326 valence electrons. The topological polar surface area (TPSA) is 387 Å². The van der Waals surface area contributed by atoms with Crippen LogP contribution in [0.1, 0.15) is 52.2 Å². The fourth-order valence-corrected chi connectivity index (χ4v) is 8.40. The number of rotatable bonds is 19. The summed E-state index contributed by atoms with van der Waals surface area (Å²) >= 11 is 3.95. The molecular weight excluding hydrogens is 847 g/mol. The summed E-state index contributed by atoms with van der Waals surface area (Å²) in [5.74, 6) is -0.477. The molecule has 0 spiro atoms. The number of thiol groups is 1. The van der Waals surface area contributed by atoms with Crippen molar-refractivity contribution >= 4 is 64.9 Å². The minimum atomic E-state index is -5.54. The lowest BCUT2D eigenvalue weighted by molar-refractivity contribution is -0.137. The van der Waals surface area contributed by atoms with Gasteiger partial charge in [-0.3, -0.25) is 27.7 Å². The molecule has 2 aromatic rings. The summed E-state index contributed by atoms with van der Waals surface area (Å²) in [6, 6.07) is 0. The first kappa shape index (κ1) is 49.2.